The summed E-state index contributed by atoms with van der Waals surface area (Å²) in [5.74, 6) is 0.380. The topological polar surface area (TPSA) is 43.4 Å². The Kier molecular flexibility index (Phi) is 3.37. The molecule has 3 atom stereocenters. The summed E-state index contributed by atoms with van der Waals surface area (Å²) in [5.41, 5.74) is 2.41. The van der Waals surface area contributed by atoms with Crippen molar-refractivity contribution in [1.82, 2.24) is 0 Å². The van der Waals surface area contributed by atoms with Gasteiger partial charge in [-0.05, 0) is 67.7 Å². The molecule has 0 amide bonds. The maximum atomic E-state index is 12.0. The van der Waals surface area contributed by atoms with Gasteiger partial charge < -0.3 is 4.74 Å². The number of carbonyl (C=O) groups excluding carboxylic acids is 2. The first kappa shape index (κ1) is 15.8. The van der Waals surface area contributed by atoms with E-state index in [9.17, 15) is 9.59 Å². The van der Waals surface area contributed by atoms with Crippen molar-refractivity contribution in [2.75, 3.05) is 0 Å². The van der Waals surface area contributed by atoms with Gasteiger partial charge in [-0.25, -0.2) is 0 Å². The van der Waals surface area contributed by atoms with Crippen molar-refractivity contribution in [3.05, 3.63) is 47.0 Å². The standard InChI is InChI=1S/C21H24O3/c1-20(2)18(21(3)11-10-19(20)24-21)9-5-13-4-6-14-15(12-13)17(23)8-7-16(14)22/h4,6-8,12,18-19H,5,9-11H2,1-3H3/t18-,19-,21+/m1/s1. The van der Waals surface area contributed by atoms with Crippen LogP contribution in [0.4, 0.5) is 0 Å². The second-order valence-corrected chi connectivity index (χ2v) is 8.31. The van der Waals surface area contributed by atoms with E-state index in [1.165, 1.54) is 18.6 Å². The molecule has 0 unspecified atom stereocenters. The number of fused-ring (bicyclic) bond motifs is 3. The Balaban J connectivity index is 1.54. The Labute approximate surface area is 143 Å². The van der Waals surface area contributed by atoms with Gasteiger partial charge >= 0.3 is 0 Å². The van der Waals surface area contributed by atoms with Crippen molar-refractivity contribution in [3.63, 3.8) is 0 Å². The highest BCUT2D eigenvalue weighted by atomic mass is 16.5. The molecule has 0 radical (unpaired) electrons. The molecule has 24 heavy (non-hydrogen) atoms. The van der Waals surface area contributed by atoms with Gasteiger partial charge in [0.15, 0.2) is 11.6 Å². The van der Waals surface area contributed by atoms with E-state index < -0.39 is 0 Å². The van der Waals surface area contributed by atoms with Gasteiger partial charge in [-0.2, -0.15) is 0 Å². The summed E-state index contributed by atoms with van der Waals surface area (Å²) in [5, 5.41) is 0. The summed E-state index contributed by atoms with van der Waals surface area (Å²) in [6.45, 7) is 6.91. The predicted octanol–water partition coefficient (Wildman–Crippen LogP) is 4.15. The molecular formula is C21H24O3. The molecule has 1 aromatic rings. The Morgan fingerprint density at radius 3 is 2.46 bits per heavy atom. The van der Waals surface area contributed by atoms with E-state index >= 15 is 0 Å². The van der Waals surface area contributed by atoms with Crippen molar-refractivity contribution in [1.29, 1.82) is 0 Å². The van der Waals surface area contributed by atoms with Gasteiger partial charge in [-0.1, -0.05) is 26.0 Å². The van der Waals surface area contributed by atoms with Gasteiger partial charge in [0.2, 0.25) is 0 Å². The average Bonchev–Trinajstić information content (AvgIpc) is 3.02. The van der Waals surface area contributed by atoms with Gasteiger partial charge in [0.1, 0.15) is 0 Å². The Hall–Kier alpha value is -1.74. The number of carbonyl (C=O) groups is 2. The Morgan fingerprint density at radius 1 is 1.08 bits per heavy atom. The molecule has 2 fully saturated rings. The smallest absolute Gasteiger partial charge is 0.186 e. The number of aryl methyl sites for hydroxylation is 1. The Morgan fingerprint density at radius 2 is 1.79 bits per heavy atom. The van der Waals surface area contributed by atoms with Crippen LogP contribution in [-0.2, 0) is 11.2 Å². The third-order valence-corrected chi connectivity index (χ3v) is 6.50. The molecule has 0 aromatic heterocycles. The van der Waals surface area contributed by atoms with Crippen LogP contribution in [0.2, 0.25) is 0 Å². The average molecular weight is 324 g/mol. The summed E-state index contributed by atoms with van der Waals surface area (Å²) in [6.07, 6.45) is 7.40. The minimum absolute atomic E-state index is 0.00308. The number of hydrogen-bond donors (Lipinski definition) is 0. The van der Waals surface area contributed by atoms with Gasteiger partial charge in [-0.15, -0.1) is 0 Å². The summed E-state index contributed by atoms with van der Waals surface area (Å²) < 4.78 is 6.29. The number of ether oxygens (including phenoxy) is 1. The van der Waals surface area contributed by atoms with Crippen LogP contribution in [0, 0.1) is 11.3 Å². The SMILES string of the molecule is CC1(C)[C@@H](CCc2ccc3c(c2)C(=O)C=CC3=O)[C@]2(C)CC[C@H]1O2. The predicted molar refractivity (Wildman–Crippen MR) is 92.3 cm³/mol. The molecule has 0 N–H and O–H groups in total. The van der Waals surface area contributed by atoms with E-state index in [1.54, 1.807) is 6.07 Å². The van der Waals surface area contributed by atoms with Crippen LogP contribution in [0.5, 0.6) is 0 Å². The van der Waals surface area contributed by atoms with Crippen LogP contribution in [0.25, 0.3) is 0 Å². The van der Waals surface area contributed by atoms with E-state index in [-0.39, 0.29) is 22.6 Å². The summed E-state index contributed by atoms with van der Waals surface area (Å²) in [6, 6.07) is 5.70. The quantitative estimate of drug-likeness (QED) is 0.839. The molecule has 0 spiro atoms. The summed E-state index contributed by atoms with van der Waals surface area (Å²) >= 11 is 0. The molecule has 2 heterocycles. The van der Waals surface area contributed by atoms with Crippen molar-refractivity contribution in [3.8, 4) is 0 Å². The highest BCUT2D eigenvalue weighted by Crippen LogP contribution is 2.58. The number of ketones is 2. The van der Waals surface area contributed by atoms with Crippen molar-refractivity contribution in [2.24, 2.45) is 11.3 Å². The van der Waals surface area contributed by atoms with Crippen LogP contribution in [-0.4, -0.2) is 23.3 Å². The van der Waals surface area contributed by atoms with Crippen LogP contribution >= 0.6 is 0 Å². The zero-order chi connectivity index (χ0) is 17.1. The van der Waals surface area contributed by atoms with E-state index in [2.05, 4.69) is 20.8 Å². The van der Waals surface area contributed by atoms with Crippen LogP contribution in [0.1, 0.15) is 66.3 Å². The molecule has 126 valence electrons. The minimum Gasteiger partial charge on any atom is -0.371 e. The van der Waals surface area contributed by atoms with Crippen LogP contribution in [0.15, 0.2) is 30.4 Å². The van der Waals surface area contributed by atoms with E-state index in [4.69, 9.17) is 4.74 Å². The molecule has 1 aliphatic carbocycles. The van der Waals surface area contributed by atoms with Gasteiger partial charge in [-0.3, -0.25) is 9.59 Å². The molecule has 4 rings (SSSR count). The lowest BCUT2D eigenvalue weighted by Crippen LogP contribution is -2.40. The molecular weight excluding hydrogens is 300 g/mol. The highest BCUT2D eigenvalue weighted by Gasteiger charge is 2.60. The number of rotatable bonds is 3. The molecule has 2 bridgehead atoms. The van der Waals surface area contributed by atoms with Crippen molar-refractivity contribution < 1.29 is 14.3 Å². The van der Waals surface area contributed by atoms with Crippen LogP contribution < -0.4 is 0 Å². The monoisotopic (exact) mass is 324 g/mol. The maximum absolute atomic E-state index is 12.0. The molecule has 2 aliphatic heterocycles. The number of benzene rings is 1. The number of hydrogen-bond acceptors (Lipinski definition) is 3. The van der Waals surface area contributed by atoms with E-state index in [0.717, 1.165) is 24.8 Å². The second-order valence-electron chi connectivity index (χ2n) is 8.31. The van der Waals surface area contributed by atoms with Crippen molar-refractivity contribution in [2.45, 2.75) is 58.2 Å². The maximum Gasteiger partial charge on any atom is 0.186 e. The van der Waals surface area contributed by atoms with Crippen LogP contribution in [0.3, 0.4) is 0 Å². The largest absolute Gasteiger partial charge is 0.371 e. The normalized spacial score (nSPS) is 33.1. The molecule has 2 saturated heterocycles. The van der Waals surface area contributed by atoms with Gasteiger partial charge in [0.25, 0.3) is 0 Å². The first-order chi connectivity index (χ1) is 11.3. The summed E-state index contributed by atoms with van der Waals surface area (Å²) in [7, 11) is 0. The van der Waals surface area contributed by atoms with E-state index in [1.807, 2.05) is 12.1 Å². The zero-order valence-electron chi connectivity index (χ0n) is 14.6. The lowest BCUT2D eigenvalue weighted by Gasteiger charge is -2.39. The third-order valence-electron chi connectivity index (χ3n) is 6.50. The molecule has 1 aromatic carbocycles. The fourth-order valence-electron chi connectivity index (χ4n) is 5.14. The lowest BCUT2D eigenvalue weighted by atomic mass is 9.62. The van der Waals surface area contributed by atoms with Gasteiger partial charge in [0.05, 0.1) is 11.7 Å². The Bertz CT molecular complexity index is 754. The molecule has 0 saturated carbocycles. The zero-order valence-corrected chi connectivity index (χ0v) is 14.6. The number of allylic oxidation sites excluding steroid dienone is 2. The van der Waals surface area contributed by atoms with Gasteiger partial charge in [0, 0.05) is 11.1 Å². The molecule has 3 nitrogen and oxygen atoms in total. The van der Waals surface area contributed by atoms with Crippen molar-refractivity contribution >= 4 is 11.6 Å². The second kappa shape index (κ2) is 5.13. The first-order valence-electron chi connectivity index (χ1n) is 8.89. The third kappa shape index (κ3) is 2.21. The first-order valence-corrected chi connectivity index (χ1v) is 8.89. The van der Waals surface area contributed by atoms with E-state index in [0.29, 0.717) is 23.1 Å². The lowest BCUT2D eigenvalue weighted by molar-refractivity contribution is 0.00469. The summed E-state index contributed by atoms with van der Waals surface area (Å²) in [4.78, 5) is 23.9. The fraction of sp³-hybridized carbons (Fsp3) is 0.524. The fourth-order valence-corrected chi connectivity index (χ4v) is 5.14. The molecule has 3 aliphatic rings. The minimum atomic E-state index is -0.0775. The molecule has 3 heteroatoms. The highest BCUT2D eigenvalue weighted by molar-refractivity contribution is 6.22.